The molecule has 2 aromatic heterocycles. The SMILES string of the molecule is NNc1ccn2cncc2c1. The maximum Gasteiger partial charge on any atom is 0.0992 e. The molecular formula is C7H8N4. The van der Waals surface area contributed by atoms with Crippen molar-refractivity contribution in [3.63, 3.8) is 0 Å². The van der Waals surface area contributed by atoms with Gasteiger partial charge in [0.1, 0.15) is 0 Å². The zero-order valence-corrected chi connectivity index (χ0v) is 5.86. The lowest BCUT2D eigenvalue weighted by Gasteiger charge is -1.98. The first kappa shape index (κ1) is 6.18. The molecule has 0 aromatic carbocycles. The van der Waals surface area contributed by atoms with Crippen LogP contribution in [-0.2, 0) is 0 Å². The number of nitrogen functional groups attached to an aromatic ring is 1. The molecular weight excluding hydrogens is 140 g/mol. The Morgan fingerprint density at radius 2 is 2.45 bits per heavy atom. The molecule has 2 heterocycles. The van der Waals surface area contributed by atoms with Crippen LogP contribution in [0.1, 0.15) is 0 Å². The molecule has 0 aliphatic carbocycles. The number of hydrogen-bond donors (Lipinski definition) is 2. The molecule has 4 heteroatoms. The summed E-state index contributed by atoms with van der Waals surface area (Å²) in [7, 11) is 0. The molecule has 3 N–H and O–H groups in total. The van der Waals surface area contributed by atoms with Gasteiger partial charge >= 0.3 is 0 Å². The number of aromatic nitrogens is 2. The lowest BCUT2D eigenvalue weighted by Crippen LogP contribution is -2.06. The fourth-order valence-corrected chi connectivity index (χ4v) is 1.01. The second-order valence-electron chi connectivity index (χ2n) is 2.29. The maximum absolute atomic E-state index is 5.23. The lowest BCUT2D eigenvalue weighted by molar-refractivity contribution is 1.15. The van der Waals surface area contributed by atoms with Gasteiger partial charge in [-0.05, 0) is 12.1 Å². The Labute approximate surface area is 63.6 Å². The largest absolute Gasteiger partial charge is 0.324 e. The van der Waals surface area contributed by atoms with Crippen molar-refractivity contribution >= 4 is 11.2 Å². The van der Waals surface area contributed by atoms with Gasteiger partial charge in [0, 0.05) is 6.20 Å². The zero-order valence-electron chi connectivity index (χ0n) is 5.86. The van der Waals surface area contributed by atoms with Crippen molar-refractivity contribution in [3.8, 4) is 0 Å². The molecule has 0 unspecified atom stereocenters. The third kappa shape index (κ3) is 0.929. The Bertz CT molecular complexity index is 365. The highest BCUT2D eigenvalue weighted by Crippen LogP contribution is 2.09. The van der Waals surface area contributed by atoms with E-state index in [0.29, 0.717) is 0 Å². The second-order valence-corrected chi connectivity index (χ2v) is 2.29. The number of pyridine rings is 1. The summed E-state index contributed by atoms with van der Waals surface area (Å²) in [6, 6.07) is 3.81. The molecule has 0 radical (unpaired) electrons. The predicted molar refractivity (Wildman–Crippen MR) is 43.0 cm³/mol. The number of nitrogens with zero attached hydrogens (tertiary/aromatic N) is 2. The molecule has 2 rings (SSSR count). The van der Waals surface area contributed by atoms with E-state index >= 15 is 0 Å². The molecule has 0 atom stereocenters. The minimum Gasteiger partial charge on any atom is -0.324 e. The maximum atomic E-state index is 5.23. The van der Waals surface area contributed by atoms with Crippen LogP contribution in [0.4, 0.5) is 5.69 Å². The van der Waals surface area contributed by atoms with Gasteiger partial charge in [0.15, 0.2) is 0 Å². The molecule has 0 saturated heterocycles. The van der Waals surface area contributed by atoms with E-state index in [1.54, 1.807) is 12.5 Å². The van der Waals surface area contributed by atoms with Crippen molar-refractivity contribution in [2.24, 2.45) is 5.84 Å². The summed E-state index contributed by atoms with van der Waals surface area (Å²) in [6.07, 6.45) is 5.42. The molecule has 11 heavy (non-hydrogen) atoms. The topological polar surface area (TPSA) is 55.3 Å². The van der Waals surface area contributed by atoms with E-state index in [0.717, 1.165) is 11.2 Å². The zero-order chi connectivity index (χ0) is 7.68. The van der Waals surface area contributed by atoms with Gasteiger partial charge in [0.05, 0.1) is 23.7 Å². The summed E-state index contributed by atoms with van der Waals surface area (Å²) in [4.78, 5) is 3.97. The van der Waals surface area contributed by atoms with E-state index in [4.69, 9.17) is 5.84 Å². The molecule has 0 amide bonds. The van der Waals surface area contributed by atoms with Gasteiger partial charge in [-0.1, -0.05) is 0 Å². The highest BCUT2D eigenvalue weighted by molar-refractivity contribution is 5.56. The van der Waals surface area contributed by atoms with Crippen molar-refractivity contribution in [1.82, 2.24) is 9.38 Å². The van der Waals surface area contributed by atoms with Gasteiger partial charge in [-0.2, -0.15) is 0 Å². The average molecular weight is 148 g/mol. The number of anilines is 1. The second kappa shape index (κ2) is 2.25. The summed E-state index contributed by atoms with van der Waals surface area (Å²) in [5.41, 5.74) is 4.48. The van der Waals surface area contributed by atoms with E-state index < -0.39 is 0 Å². The van der Waals surface area contributed by atoms with Crippen LogP contribution in [0.3, 0.4) is 0 Å². The van der Waals surface area contributed by atoms with E-state index in [-0.39, 0.29) is 0 Å². The Morgan fingerprint density at radius 1 is 1.55 bits per heavy atom. The highest BCUT2D eigenvalue weighted by atomic mass is 15.2. The third-order valence-electron chi connectivity index (χ3n) is 1.58. The first-order valence-corrected chi connectivity index (χ1v) is 3.28. The highest BCUT2D eigenvalue weighted by Gasteiger charge is 1.92. The number of hydrogen-bond acceptors (Lipinski definition) is 3. The monoisotopic (exact) mass is 148 g/mol. The Balaban J connectivity index is 2.67. The van der Waals surface area contributed by atoms with Crippen LogP contribution >= 0.6 is 0 Å². The van der Waals surface area contributed by atoms with Crippen molar-refractivity contribution in [1.29, 1.82) is 0 Å². The Hall–Kier alpha value is -1.55. The van der Waals surface area contributed by atoms with Crippen molar-refractivity contribution in [2.45, 2.75) is 0 Å². The van der Waals surface area contributed by atoms with Crippen LogP contribution in [0, 0.1) is 0 Å². The van der Waals surface area contributed by atoms with Crippen LogP contribution in [0.15, 0.2) is 30.9 Å². The van der Waals surface area contributed by atoms with E-state index in [9.17, 15) is 0 Å². The standard InChI is InChI=1S/C7H8N4/c8-10-6-1-2-11-5-9-4-7(11)3-6/h1-5,10H,8H2. The minimum absolute atomic E-state index is 0.887. The molecule has 0 saturated carbocycles. The number of nitrogens with one attached hydrogen (secondary N) is 1. The van der Waals surface area contributed by atoms with E-state index in [1.807, 2.05) is 22.7 Å². The first-order chi connectivity index (χ1) is 5.40. The molecule has 0 spiro atoms. The van der Waals surface area contributed by atoms with Gasteiger partial charge in [-0.3, -0.25) is 5.84 Å². The van der Waals surface area contributed by atoms with Crippen LogP contribution in [0.25, 0.3) is 5.52 Å². The Kier molecular flexibility index (Phi) is 1.26. The number of nitrogens with two attached hydrogens (primary N) is 1. The number of imidazole rings is 1. The molecule has 0 aliphatic rings. The van der Waals surface area contributed by atoms with Crippen LogP contribution in [0.2, 0.25) is 0 Å². The van der Waals surface area contributed by atoms with Gasteiger partial charge in [0.2, 0.25) is 0 Å². The average Bonchev–Trinajstić information content (AvgIpc) is 2.50. The molecule has 56 valence electrons. The summed E-state index contributed by atoms with van der Waals surface area (Å²) < 4.78 is 1.92. The van der Waals surface area contributed by atoms with Crippen LogP contribution in [-0.4, -0.2) is 9.38 Å². The molecule has 0 fully saturated rings. The van der Waals surface area contributed by atoms with Gasteiger partial charge < -0.3 is 9.83 Å². The normalized spacial score (nSPS) is 10.3. The smallest absolute Gasteiger partial charge is 0.0992 e. The first-order valence-electron chi connectivity index (χ1n) is 3.28. The molecule has 0 bridgehead atoms. The summed E-state index contributed by atoms with van der Waals surface area (Å²) in [5, 5.41) is 0. The van der Waals surface area contributed by atoms with Crippen molar-refractivity contribution in [2.75, 3.05) is 5.43 Å². The van der Waals surface area contributed by atoms with Gasteiger partial charge in [-0.15, -0.1) is 0 Å². The van der Waals surface area contributed by atoms with Gasteiger partial charge in [0.25, 0.3) is 0 Å². The molecule has 4 nitrogen and oxygen atoms in total. The minimum atomic E-state index is 0.887. The number of rotatable bonds is 1. The number of fused-ring (bicyclic) bond motifs is 1. The quantitative estimate of drug-likeness (QED) is 0.460. The summed E-state index contributed by atoms with van der Waals surface area (Å²) in [5.74, 6) is 5.23. The van der Waals surface area contributed by atoms with E-state index in [2.05, 4.69) is 10.4 Å². The van der Waals surface area contributed by atoms with Crippen LogP contribution in [0.5, 0.6) is 0 Å². The molecule has 0 aliphatic heterocycles. The van der Waals surface area contributed by atoms with E-state index in [1.165, 1.54) is 0 Å². The fraction of sp³-hybridized carbons (Fsp3) is 0. The van der Waals surface area contributed by atoms with Crippen molar-refractivity contribution < 1.29 is 0 Å². The lowest BCUT2D eigenvalue weighted by atomic mass is 10.4. The summed E-state index contributed by atoms with van der Waals surface area (Å²) in [6.45, 7) is 0. The molecule has 2 aromatic rings. The Morgan fingerprint density at radius 3 is 3.27 bits per heavy atom. The predicted octanol–water partition coefficient (Wildman–Crippen LogP) is 0.620. The van der Waals surface area contributed by atoms with Crippen LogP contribution < -0.4 is 11.3 Å². The fourth-order valence-electron chi connectivity index (χ4n) is 1.01. The number of hydrazine groups is 1. The van der Waals surface area contributed by atoms with Crippen molar-refractivity contribution in [3.05, 3.63) is 30.9 Å². The summed E-state index contributed by atoms with van der Waals surface area (Å²) >= 11 is 0. The van der Waals surface area contributed by atoms with Gasteiger partial charge in [-0.25, -0.2) is 4.98 Å². The third-order valence-corrected chi connectivity index (χ3v) is 1.58.